The van der Waals surface area contributed by atoms with Crippen LogP contribution >= 0.6 is 34.0 Å². The minimum absolute atomic E-state index is 0. The molecule has 0 aliphatic heterocycles. The number of aliphatic imine (C=N–C) groups is 4. The summed E-state index contributed by atoms with van der Waals surface area (Å²) < 4.78 is 0. The summed E-state index contributed by atoms with van der Waals surface area (Å²) in [5.74, 6) is -8.58. The zero-order valence-corrected chi connectivity index (χ0v) is 42.9. The van der Waals surface area contributed by atoms with E-state index in [1.54, 1.807) is 0 Å². The lowest BCUT2D eigenvalue weighted by Gasteiger charge is -2.27. The van der Waals surface area contributed by atoms with Crippen molar-refractivity contribution in [2.45, 2.75) is 120 Å². The average Bonchev–Trinajstić information content (AvgIpc) is 3.27. The van der Waals surface area contributed by atoms with Gasteiger partial charge in [-0.05, 0) is 65.2 Å². The maximum absolute atomic E-state index is 14.1. The van der Waals surface area contributed by atoms with Crippen LogP contribution < -0.4 is 94.6 Å². The Balaban J connectivity index is 0. The molecule has 0 unspecified atom stereocenters. The summed E-state index contributed by atoms with van der Waals surface area (Å²) in [6.07, 6.45) is 0.443. The zero-order valence-electron chi connectivity index (χ0n) is 40.4. The predicted octanol–water partition coefficient (Wildman–Crippen LogP) is -7.65. The van der Waals surface area contributed by atoms with Gasteiger partial charge in [0.15, 0.2) is 23.8 Å². The van der Waals surface area contributed by atoms with Gasteiger partial charge < -0.3 is 99.7 Å². The van der Waals surface area contributed by atoms with Crippen molar-refractivity contribution in [3.05, 3.63) is 0 Å². The van der Waals surface area contributed by atoms with Crippen molar-refractivity contribution in [1.29, 1.82) is 0 Å². The van der Waals surface area contributed by atoms with Crippen LogP contribution in [0.3, 0.4) is 0 Å². The summed E-state index contributed by atoms with van der Waals surface area (Å²) in [6, 6.07) is -10.2. The standard InChI is InChI=1S/C38H73N21O10S2.ClH/c1-18(28(62)56-22(27(40)61)8-4-12-49-35(41)42)53-30(64)23(9-5-13-50-36(43)44)58-32(66)25(11-7-15-52-38(47)48)59-31(65)24(10-6-14-51-37(45)46)57-29(63)19(2)54-33(67)26(55-20(3)60)17-71-70-16-21(39)34(68)69;/h18-19,21-26H,4-17,39H2,1-3H3,(H2,40,61)(H,53,64)(H,54,67)(H,55,60)(H,56,62)(H,57,63)(H,58,66)(H,59,65)(H,68,69)(H4,41,42,49)(H4,43,44,50)(H4,45,46,51)(H4,47,48,52);1H/t18-,19-,21+,22-,23-,24-,25-,26-;/m1./s1. The maximum atomic E-state index is 14.1. The molecule has 0 spiro atoms. The first kappa shape index (κ1) is 67.3. The van der Waals surface area contributed by atoms with Crippen LogP contribution in [0.5, 0.6) is 0 Å². The van der Waals surface area contributed by atoms with Gasteiger partial charge in [0.1, 0.15) is 48.3 Å². The minimum atomic E-state index is -1.41. The minimum Gasteiger partial charge on any atom is -0.480 e. The van der Waals surface area contributed by atoms with Crippen LogP contribution in [-0.2, 0) is 43.2 Å². The summed E-state index contributed by atoms with van der Waals surface area (Å²) in [7, 11) is 2.12. The fraction of sp³-hybridized carbons (Fsp3) is 0.658. The average molecular weight is 1080 g/mol. The third-order valence-electron chi connectivity index (χ3n) is 9.42. The normalized spacial score (nSPS) is 13.8. The van der Waals surface area contributed by atoms with Gasteiger partial charge in [-0.1, -0.05) is 21.6 Å². The molecule has 0 aromatic heterocycles. The number of nitrogens with zero attached hydrogens (tertiary/aromatic N) is 4. The highest BCUT2D eigenvalue weighted by atomic mass is 35.5. The number of nitrogens with two attached hydrogens (primary N) is 10. The molecular formula is C38H74ClN21O10S2. The molecule has 28 N–H and O–H groups in total. The molecule has 0 fully saturated rings. The first-order chi connectivity index (χ1) is 33.2. The number of hydrogen-bond acceptors (Lipinski definition) is 16. The summed E-state index contributed by atoms with van der Waals surface area (Å²) >= 11 is 0. The summed E-state index contributed by atoms with van der Waals surface area (Å²) in [6.45, 7) is 4.04. The van der Waals surface area contributed by atoms with Crippen LogP contribution in [0.25, 0.3) is 0 Å². The van der Waals surface area contributed by atoms with Gasteiger partial charge in [-0.25, -0.2) is 0 Å². The van der Waals surface area contributed by atoms with Crippen LogP contribution in [-0.4, -0.2) is 168 Å². The number of carboxylic acid groups (broad SMARTS) is 1. The zero-order chi connectivity index (χ0) is 54.2. The third kappa shape index (κ3) is 31.5. The highest BCUT2D eigenvalue weighted by Crippen LogP contribution is 2.23. The second kappa shape index (κ2) is 37.1. The lowest BCUT2D eigenvalue weighted by molar-refractivity contribution is -0.138. The van der Waals surface area contributed by atoms with Crippen molar-refractivity contribution in [1.82, 2.24) is 37.2 Å². The lowest BCUT2D eigenvalue weighted by atomic mass is 10.0. The largest absolute Gasteiger partial charge is 0.480 e. The van der Waals surface area contributed by atoms with Crippen molar-refractivity contribution in [3.8, 4) is 0 Å². The Bertz CT molecular complexity index is 1920. The number of hydrogen-bond donors (Lipinski definition) is 18. The van der Waals surface area contributed by atoms with Crippen LogP contribution in [0.1, 0.15) is 72.1 Å². The molecule has 0 saturated heterocycles. The van der Waals surface area contributed by atoms with Gasteiger partial charge in [0.05, 0.1) is 0 Å². The molecule has 0 aliphatic carbocycles. The topological polar surface area (TPSA) is 568 Å². The van der Waals surface area contributed by atoms with Crippen LogP contribution in [0, 0.1) is 0 Å². The van der Waals surface area contributed by atoms with Gasteiger partial charge in [0, 0.05) is 44.6 Å². The van der Waals surface area contributed by atoms with E-state index >= 15 is 0 Å². The molecule has 0 aromatic carbocycles. The highest BCUT2D eigenvalue weighted by molar-refractivity contribution is 8.76. The summed E-state index contributed by atoms with van der Waals surface area (Å²) in [5.41, 5.74) is 54.4. The van der Waals surface area contributed by atoms with Gasteiger partial charge in [0.2, 0.25) is 47.3 Å². The van der Waals surface area contributed by atoms with E-state index in [0.29, 0.717) is 0 Å². The van der Waals surface area contributed by atoms with Gasteiger partial charge >= 0.3 is 5.97 Å². The number of carbonyl (C=O) groups is 9. The predicted molar refractivity (Wildman–Crippen MR) is 277 cm³/mol. The van der Waals surface area contributed by atoms with E-state index in [1.165, 1.54) is 20.8 Å². The molecule has 0 heterocycles. The first-order valence-corrected chi connectivity index (χ1v) is 24.6. The second-order valence-electron chi connectivity index (χ2n) is 15.7. The lowest BCUT2D eigenvalue weighted by Crippen LogP contribution is -2.59. The Morgan fingerprint density at radius 1 is 0.444 bits per heavy atom. The number of amides is 8. The Labute approximate surface area is 430 Å². The third-order valence-corrected chi connectivity index (χ3v) is 11.9. The van der Waals surface area contributed by atoms with Crippen LogP contribution in [0.4, 0.5) is 0 Å². The molecule has 0 bridgehead atoms. The van der Waals surface area contributed by atoms with Gasteiger partial charge in [-0.15, -0.1) is 12.4 Å². The monoisotopic (exact) mass is 1080 g/mol. The number of aliphatic carboxylic acids is 1. The van der Waals surface area contributed by atoms with E-state index < -0.39 is 102 Å². The molecule has 34 heteroatoms. The summed E-state index contributed by atoms with van der Waals surface area (Å²) in [5, 5.41) is 26.7. The number of guanidine groups is 4. The number of halogens is 1. The Kier molecular flexibility index (Phi) is 34.7. The molecule has 0 aromatic rings. The van der Waals surface area contributed by atoms with Crippen LogP contribution in [0.15, 0.2) is 20.0 Å². The highest BCUT2D eigenvalue weighted by Gasteiger charge is 2.32. The van der Waals surface area contributed by atoms with Crippen molar-refractivity contribution in [3.63, 3.8) is 0 Å². The second-order valence-corrected chi connectivity index (χ2v) is 18.2. The van der Waals surface area contributed by atoms with E-state index in [4.69, 9.17) is 62.4 Å². The van der Waals surface area contributed by atoms with E-state index in [2.05, 4.69) is 57.2 Å². The molecule has 410 valence electrons. The first-order valence-electron chi connectivity index (χ1n) is 22.1. The molecule has 0 saturated carbocycles. The number of nitrogens with one attached hydrogen (secondary N) is 7. The molecule has 0 radical (unpaired) electrons. The Hall–Kier alpha value is -6.74. The van der Waals surface area contributed by atoms with Gasteiger partial charge in [-0.3, -0.25) is 63.1 Å². The van der Waals surface area contributed by atoms with Gasteiger partial charge in [-0.2, -0.15) is 0 Å². The van der Waals surface area contributed by atoms with Gasteiger partial charge in [0.25, 0.3) is 0 Å². The van der Waals surface area contributed by atoms with Crippen molar-refractivity contribution < 1.29 is 48.3 Å². The maximum Gasteiger partial charge on any atom is 0.321 e. The molecule has 0 aliphatic rings. The molecule has 31 nitrogen and oxygen atoms in total. The van der Waals surface area contributed by atoms with E-state index in [-0.39, 0.29) is 125 Å². The molecule has 8 atom stereocenters. The number of rotatable bonds is 36. The molecular weight excluding hydrogens is 1010 g/mol. The van der Waals surface area contributed by atoms with E-state index in [0.717, 1.165) is 21.6 Å². The SMILES string of the molecule is CC(=O)N[C@H](CSSC[C@H](N)C(=O)O)C(=O)N[C@H](C)C(=O)N[C@H](CCCN=C(N)N)C(=O)N[C@H](CCCN=C(N)N)C(=O)N[C@H](CCCN=C(N)N)C(=O)N[C@H](C)C(=O)N[C@H](CCCN=C(N)N)C(N)=O.Cl. The van der Waals surface area contributed by atoms with E-state index in [1.807, 2.05) is 0 Å². The van der Waals surface area contributed by atoms with Crippen molar-refractivity contribution >= 4 is 111 Å². The van der Waals surface area contributed by atoms with Crippen molar-refractivity contribution in [2.75, 3.05) is 37.7 Å². The number of primary amides is 1. The number of carbonyl (C=O) groups excluding carboxylic acids is 8. The van der Waals surface area contributed by atoms with E-state index in [9.17, 15) is 43.2 Å². The van der Waals surface area contributed by atoms with Crippen molar-refractivity contribution in [2.24, 2.45) is 77.3 Å². The Morgan fingerprint density at radius 3 is 1.06 bits per heavy atom. The smallest absolute Gasteiger partial charge is 0.321 e. The number of carboxylic acids is 1. The molecule has 0 rings (SSSR count). The quantitative estimate of drug-likeness (QED) is 0.0120. The molecule has 72 heavy (non-hydrogen) atoms. The Morgan fingerprint density at radius 2 is 0.736 bits per heavy atom. The fourth-order valence-electron chi connectivity index (χ4n) is 5.74. The molecule has 8 amide bonds. The summed E-state index contributed by atoms with van der Waals surface area (Å²) in [4.78, 5) is 133. The fourth-order valence-corrected chi connectivity index (χ4v) is 8.02. The van der Waals surface area contributed by atoms with Crippen LogP contribution in [0.2, 0.25) is 0 Å².